The molecule has 10 nitrogen and oxygen atoms in total. The van der Waals surface area contributed by atoms with Crippen LogP contribution in [0.1, 0.15) is 71.9 Å². The van der Waals surface area contributed by atoms with Gasteiger partial charge in [0.25, 0.3) is 5.91 Å². The van der Waals surface area contributed by atoms with E-state index in [4.69, 9.17) is 16.0 Å². The van der Waals surface area contributed by atoms with Crippen molar-refractivity contribution in [2.45, 2.75) is 57.7 Å². The number of morpholine rings is 1. The van der Waals surface area contributed by atoms with Crippen LogP contribution in [0.2, 0.25) is 0 Å². The first-order chi connectivity index (χ1) is 20.5. The Labute approximate surface area is 247 Å². The van der Waals surface area contributed by atoms with Crippen molar-refractivity contribution in [3.63, 3.8) is 0 Å². The molecule has 0 unspecified atom stereocenters. The van der Waals surface area contributed by atoms with E-state index in [-0.39, 0.29) is 17.4 Å². The second-order valence-corrected chi connectivity index (χ2v) is 11.6. The van der Waals surface area contributed by atoms with E-state index in [1.165, 1.54) is 11.1 Å². The first-order valence-corrected chi connectivity index (χ1v) is 14.9. The van der Waals surface area contributed by atoms with Crippen LogP contribution in [0.4, 0.5) is 11.6 Å². The fourth-order valence-corrected chi connectivity index (χ4v) is 6.79. The SMILES string of the molecule is [C-]#[N+]c1cnc([C@H](C)N2CC3(CCC3)c3c(CN4CCOCC4)cc(Cn4ccnc4NC)cc3C2=O)cc1OCC. The lowest BCUT2D eigenvalue weighted by atomic mass is 9.60. The van der Waals surface area contributed by atoms with E-state index in [0.717, 1.165) is 74.9 Å². The molecule has 1 amide bonds. The van der Waals surface area contributed by atoms with E-state index < -0.39 is 0 Å². The molecule has 1 saturated heterocycles. The van der Waals surface area contributed by atoms with Gasteiger partial charge in [-0.2, -0.15) is 0 Å². The Morgan fingerprint density at radius 1 is 1.19 bits per heavy atom. The summed E-state index contributed by atoms with van der Waals surface area (Å²) in [5, 5.41) is 3.16. The Hall–Kier alpha value is -3.94. The normalized spacial score (nSPS) is 18.7. The van der Waals surface area contributed by atoms with Crippen molar-refractivity contribution in [1.82, 2.24) is 24.3 Å². The predicted molar refractivity (Wildman–Crippen MR) is 160 cm³/mol. The van der Waals surface area contributed by atoms with Gasteiger partial charge in [0.2, 0.25) is 11.6 Å². The lowest BCUT2D eigenvalue weighted by Crippen LogP contribution is -2.54. The predicted octanol–water partition coefficient (Wildman–Crippen LogP) is 4.79. The number of anilines is 1. The van der Waals surface area contributed by atoms with Crippen LogP contribution in [0, 0.1) is 6.57 Å². The molecule has 1 saturated carbocycles. The van der Waals surface area contributed by atoms with Gasteiger partial charge < -0.3 is 24.3 Å². The fraction of sp³-hybridized carbons (Fsp3) is 0.500. The molecule has 1 spiro atoms. The van der Waals surface area contributed by atoms with Crippen molar-refractivity contribution in [3.8, 4) is 5.75 Å². The number of fused-ring (bicyclic) bond motifs is 2. The highest BCUT2D eigenvalue weighted by Crippen LogP contribution is 2.51. The highest BCUT2D eigenvalue weighted by Gasteiger charge is 2.49. The third-order valence-corrected chi connectivity index (χ3v) is 9.06. The third kappa shape index (κ3) is 5.12. The topological polar surface area (TPSA) is 89.1 Å². The number of hydrogen-bond acceptors (Lipinski definition) is 7. The van der Waals surface area contributed by atoms with Crippen LogP contribution in [-0.2, 0) is 23.2 Å². The van der Waals surface area contributed by atoms with E-state index in [9.17, 15) is 4.79 Å². The van der Waals surface area contributed by atoms with Gasteiger partial charge in [-0.15, -0.1) is 0 Å². The Kier molecular flexibility index (Phi) is 7.88. The number of hydrogen-bond donors (Lipinski definition) is 1. The Morgan fingerprint density at radius 3 is 2.69 bits per heavy atom. The van der Waals surface area contributed by atoms with Gasteiger partial charge in [0.1, 0.15) is 5.75 Å². The van der Waals surface area contributed by atoms with Gasteiger partial charge >= 0.3 is 0 Å². The number of imidazole rings is 1. The highest BCUT2D eigenvalue weighted by atomic mass is 16.5. The second-order valence-electron chi connectivity index (χ2n) is 11.6. The molecular formula is C32H39N7O3. The van der Waals surface area contributed by atoms with Crippen molar-refractivity contribution in [2.75, 3.05) is 51.8 Å². The van der Waals surface area contributed by atoms with Gasteiger partial charge in [-0.3, -0.25) is 14.7 Å². The van der Waals surface area contributed by atoms with E-state index in [2.05, 4.69) is 41.7 Å². The zero-order valence-corrected chi connectivity index (χ0v) is 24.7. The first kappa shape index (κ1) is 28.2. The number of amides is 1. The highest BCUT2D eigenvalue weighted by molar-refractivity contribution is 5.98. The molecule has 42 heavy (non-hydrogen) atoms. The fourth-order valence-electron chi connectivity index (χ4n) is 6.79. The smallest absolute Gasteiger partial charge is 0.254 e. The molecule has 2 fully saturated rings. The Balaban J connectivity index is 1.42. The minimum Gasteiger partial charge on any atom is -0.505 e. The lowest BCUT2D eigenvalue weighted by Gasteiger charge is -2.52. The third-order valence-electron chi connectivity index (χ3n) is 9.06. The molecule has 3 aliphatic rings. The summed E-state index contributed by atoms with van der Waals surface area (Å²) in [5.41, 5.74) is 5.44. The van der Waals surface area contributed by atoms with Crippen LogP contribution in [0.5, 0.6) is 5.75 Å². The number of nitrogens with zero attached hydrogens (tertiary/aromatic N) is 6. The van der Waals surface area contributed by atoms with Crippen molar-refractivity contribution < 1.29 is 14.3 Å². The molecule has 0 bridgehead atoms. The van der Waals surface area contributed by atoms with Gasteiger partial charge in [0.15, 0.2) is 0 Å². The Bertz CT molecular complexity index is 1500. The van der Waals surface area contributed by atoms with Crippen LogP contribution >= 0.6 is 0 Å². The number of aromatic nitrogens is 3. The number of ether oxygens (including phenoxy) is 2. The number of pyridine rings is 1. The average Bonchev–Trinajstić information content (AvgIpc) is 3.44. The number of carbonyl (C=O) groups excluding carboxylic acids is 1. The zero-order valence-electron chi connectivity index (χ0n) is 24.7. The van der Waals surface area contributed by atoms with Gasteiger partial charge in [-0.25, -0.2) is 9.83 Å². The second kappa shape index (κ2) is 11.7. The van der Waals surface area contributed by atoms with E-state index in [0.29, 0.717) is 31.1 Å². The molecule has 1 aromatic carbocycles. The molecule has 6 rings (SSSR count). The summed E-state index contributed by atoms with van der Waals surface area (Å²) < 4.78 is 13.5. The maximum Gasteiger partial charge on any atom is 0.254 e. The zero-order chi connectivity index (χ0) is 29.3. The van der Waals surface area contributed by atoms with Crippen LogP contribution < -0.4 is 10.1 Å². The molecule has 10 heteroatoms. The largest absolute Gasteiger partial charge is 0.505 e. The summed E-state index contributed by atoms with van der Waals surface area (Å²) in [5.74, 6) is 1.34. The molecule has 1 aliphatic carbocycles. The summed E-state index contributed by atoms with van der Waals surface area (Å²) >= 11 is 0. The summed E-state index contributed by atoms with van der Waals surface area (Å²) in [6.07, 6.45) is 8.60. The van der Waals surface area contributed by atoms with Crippen molar-refractivity contribution in [2.24, 2.45) is 0 Å². The minimum absolute atomic E-state index is 0.0357. The quantitative estimate of drug-likeness (QED) is 0.371. The number of rotatable bonds is 9. The molecule has 2 aromatic heterocycles. The van der Waals surface area contributed by atoms with Gasteiger partial charge in [-0.1, -0.05) is 12.5 Å². The molecular weight excluding hydrogens is 530 g/mol. The van der Waals surface area contributed by atoms with Crippen LogP contribution in [-0.4, -0.2) is 76.7 Å². The molecule has 4 heterocycles. The monoisotopic (exact) mass is 569 g/mol. The Morgan fingerprint density at radius 2 is 2.00 bits per heavy atom. The maximum atomic E-state index is 14.5. The average molecular weight is 570 g/mol. The number of nitrogens with one attached hydrogen (secondary N) is 1. The van der Waals surface area contributed by atoms with Crippen molar-refractivity contribution >= 4 is 17.5 Å². The summed E-state index contributed by atoms with van der Waals surface area (Å²) in [7, 11) is 1.87. The van der Waals surface area contributed by atoms with Crippen LogP contribution in [0.3, 0.4) is 0 Å². The minimum atomic E-state index is -0.266. The summed E-state index contributed by atoms with van der Waals surface area (Å²) in [6.45, 7) is 17.2. The number of benzene rings is 1. The molecule has 2 aliphatic heterocycles. The number of carbonyl (C=O) groups is 1. The molecule has 3 aromatic rings. The summed E-state index contributed by atoms with van der Waals surface area (Å²) in [4.78, 5) is 31.5. The maximum absolute atomic E-state index is 14.5. The molecule has 0 radical (unpaired) electrons. The molecule has 220 valence electrons. The lowest BCUT2D eigenvalue weighted by molar-refractivity contribution is 0.0325. The molecule has 1 N–H and O–H groups in total. The van der Waals surface area contributed by atoms with Crippen molar-refractivity contribution in [3.05, 3.63) is 76.2 Å². The van der Waals surface area contributed by atoms with Crippen molar-refractivity contribution in [1.29, 1.82) is 0 Å². The molecule has 1 atom stereocenters. The van der Waals surface area contributed by atoms with E-state index in [1.807, 2.05) is 38.1 Å². The van der Waals surface area contributed by atoms with E-state index in [1.54, 1.807) is 12.4 Å². The van der Waals surface area contributed by atoms with Gasteiger partial charge in [0, 0.05) is 62.8 Å². The van der Waals surface area contributed by atoms with Gasteiger partial charge in [0.05, 0.1) is 44.7 Å². The van der Waals surface area contributed by atoms with Gasteiger partial charge in [-0.05, 0) is 55.5 Å². The van der Waals surface area contributed by atoms with Crippen LogP contribution in [0.15, 0.2) is 36.8 Å². The first-order valence-electron chi connectivity index (χ1n) is 14.9. The summed E-state index contributed by atoms with van der Waals surface area (Å²) in [6, 6.07) is 5.99. The van der Waals surface area contributed by atoms with E-state index >= 15 is 0 Å². The standard InChI is InChI=1S/C32H39N7O3/c1-5-42-28-17-26(36-18-27(28)33-3)22(2)39-21-32(7-6-8-32)29-24(20-37-11-13-41-14-12-37)15-23(16-25(29)30(39)40)19-38-10-9-35-31(38)34-4/h9-10,15-18,22H,5-8,11-14,19-21H2,1-2,4H3,(H,34,35)/t22-/m0/s1. The van der Waals surface area contributed by atoms with Crippen LogP contribution in [0.25, 0.3) is 4.85 Å².